The number of aromatic nitrogens is 2. The van der Waals surface area contributed by atoms with E-state index < -0.39 is 0 Å². The minimum absolute atomic E-state index is 0.395. The van der Waals surface area contributed by atoms with Crippen LogP contribution in [0.4, 0.5) is 5.69 Å². The van der Waals surface area contributed by atoms with Crippen LogP contribution >= 0.6 is 15.9 Å². The number of rotatable bonds is 3. The molecule has 0 saturated heterocycles. The van der Waals surface area contributed by atoms with Crippen LogP contribution in [-0.2, 0) is 6.54 Å². The molecule has 5 nitrogen and oxygen atoms in total. The summed E-state index contributed by atoms with van der Waals surface area (Å²) in [6, 6.07) is 7.51. The van der Waals surface area contributed by atoms with Gasteiger partial charge in [0, 0.05) is 11.4 Å². The first kappa shape index (κ1) is 11.6. The topological polar surface area (TPSA) is 74.7 Å². The average Bonchev–Trinajstić information content (AvgIpc) is 2.73. The maximum absolute atomic E-state index is 8.95. The fourth-order valence-corrected chi connectivity index (χ4v) is 1.70. The largest absolute Gasteiger partial charge is 0.424 e. The van der Waals surface area contributed by atoms with Gasteiger partial charge >= 0.3 is 0 Å². The molecule has 0 atom stereocenters. The van der Waals surface area contributed by atoms with Crippen LogP contribution in [0.5, 0.6) is 0 Å². The number of nitrogens with one attached hydrogen (secondary N) is 1. The molecule has 1 aromatic heterocycles. The minimum atomic E-state index is 0.395. The maximum atomic E-state index is 8.95. The zero-order valence-electron chi connectivity index (χ0n) is 9.07. The molecule has 0 radical (unpaired) electrons. The Morgan fingerprint density at radius 1 is 1.47 bits per heavy atom. The fourth-order valence-electron chi connectivity index (χ4n) is 1.34. The van der Waals surface area contributed by atoms with Crippen molar-refractivity contribution in [2.75, 3.05) is 5.32 Å². The Labute approximate surface area is 107 Å². The zero-order chi connectivity index (χ0) is 12.3. The molecule has 6 heteroatoms. The summed E-state index contributed by atoms with van der Waals surface area (Å²) in [6.07, 6.45) is 0. The molecule has 2 aromatic rings. The molecule has 2 rings (SSSR count). The number of anilines is 1. The summed E-state index contributed by atoms with van der Waals surface area (Å²) in [6.45, 7) is 2.13. The van der Waals surface area contributed by atoms with Crippen LogP contribution in [0.1, 0.15) is 17.3 Å². The van der Waals surface area contributed by atoms with E-state index in [9.17, 15) is 0 Å². The number of hydrogen-bond acceptors (Lipinski definition) is 5. The van der Waals surface area contributed by atoms with E-state index in [0.29, 0.717) is 23.9 Å². The van der Waals surface area contributed by atoms with Crippen LogP contribution in [0.3, 0.4) is 0 Å². The van der Waals surface area contributed by atoms with Gasteiger partial charge < -0.3 is 9.73 Å². The van der Waals surface area contributed by atoms with Gasteiger partial charge in [-0.15, -0.1) is 10.2 Å². The average molecular weight is 293 g/mol. The van der Waals surface area contributed by atoms with E-state index in [-0.39, 0.29) is 0 Å². The van der Waals surface area contributed by atoms with Crippen LogP contribution in [-0.4, -0.2) is 10.2 Å². The van der Waals surface area contributed by atoms with E-state index in [1.807, 2.05) is 12.1 Å². The van der Waals surface area contributed by atoms with Gasteiger partial charge in [0.1, 0.15) is 6.07 Å². The molecule has 1 aromatic carbocycles. The number of nitrogens with zero attached hydrogens (tertiary/aromatic N) is 3. The van der Waals surface area contributed by atoms with E-state index in [2.05, 4.69) is 37.5 Å². The molecule has 86 valence electrons. The van der Waals surface area contributed by atoms with Crippen molar-refractivity contribution in [2.24, 2.45) is 0 Å². The van der Waals surface area contributed by atoms with Crippen molar-refractivity contribution in [3.05, 3.63) is 40.0 Å². The van der Waals surface area contributed by atoms with E-state index >= 15 is 0 Å². The number of nitriles is 1. The highest BCUT2D eigenvalue weighted by Crippen LogP contribution is 2.21. The molecule has 0 fully saturated rings. The summed E-state index contributed by atoms with van der Waals surface area (Å²) in [5, 5.41) is 19.6. The van der Waals surface area contributed by atoms with Crippen molar-refractivity contribution in [1.82, 2.24) is 10.2 Å². The van der Waals surface area contributed by atoms with Gasteiger partial charge in [-0.2, -0.15) is 5.26 Å². The number of benzene rings is 1. The molecular weight excluding hydrogens is 284 g/mol. The van der Waals surface area contributed by atoms with Gasteiger partial charge in [-0.25, -0.2) is 0 Å². The van der Waals surface area contributed by atoms with Crippen molar-refractivity contribution in [3.8, 4) is 6.07 Å². The smallest absolute Gasteiger partial charge is 0.235 e. The van der Waals surface area contributed by atoms with E-state index in [4.69, 9.17) is 9.68 Å². The zero-order valence-corrected chi connectivity index (χ0v) is 10.7. The van der Waals surface area contributed by atoms with Gasteiger partial charge in [0.05, 0.1) is 17.8 Å². The van der Waals surface area contributed by atoms with Crippen molar-refractivity contribution >= 4 is 21.6 Å². The number of hydrogen-bond donors (Lipinski definition) is 1. The Kier molecular flexibility index (Phi) is 3.40. The summed E-state index contributed by atoms with van der Waals surface area (Å²) in [4.78, 5) is 0. The molecule has 0 aliphatic heterocycles. The van der Waals surface area contributed by atoms with Gasteiger partial charge in [-0.05, 0) is 18.2 Å². The Morgan fingerprint density at radius 2 is 2.29 bits per heavy atom. The van der Waals surface area contributed by atoms with Gasteiger partial charge in [-0.3, -0.25) is 0 Å². The van der Waals surface area contributed by atoms with Crippen molar-refractivity contribution in [3.63, 3.8) is 0 Å². The van der Waals surface area contributed by atoms with E-state index in [0.717, 1.165) is 10.2 Å². The predicted molar refractivity (Wildman–Crippen MR) is 65.2 cm³/mol. The lowest BCUT2D eigenvalue weighted by atomic mass is 10.2. The van der Waals surface area contributed by atoms with Crippen LogP contribution in [0.25, 0.3) is 0 Å². The molecule has 17 heavy (non-hydrogen) atoms. The summed E-state index contributed by atoms with van der Waals surface area (Å²) >= 11 is 3.36. The Hall–Kier alpha value is -1.87. The third-order valence-electron chi connectivity index (χ3n) is 2.10. The maximum Gasteiger partial charge on any atom is 0.235 e. The standard InChI is InChI=1S/C11H9BrN4O/c1-7-15-16-11(17-7)6-14-10-4-9(12)3-2-8(10)5-13/h2-4,14H,6H2,1H3. The first-order chi connectivity index (χ1) is 8.19. The normalized spacial score (nSPS) is 9.94. The van der Waals surface area contributed by atoms with E-state index in [1.165, 1.54) is 0 Å². The van der Waals surface area contributed by atoms with Crippen molar-refractivity contribution in [1.29, 1.82) is 5.26 Å². The van der Waals surface area contributed by atoms with Gasteiger partial charge in [-0.1, -0.05) is 15.9 Å². The quantitative estimate of drug-likeness (QED) is 0.941. The van der Waals surface area contributed by atoms with Crippen LogP contribution < -0.4 is 5.32 Å². The molecule has 0 unspecified atom stereocenters. The second kappa shape index (κ2) is 4.97. The molecule has 1 heterocycles. The number of aryl methyl sites for hydroxylation is 1. The van der Waals surface area contributed by atoms with Crippen LogP contribution in [0.2, 0.25) is 0 Å². The molecule has 0 amide bonds. The van der Waals surface area contributed by atoms with Crippen molar-refractivity contribution in [2.45, 2.75) is 13.5 Å². The molecule has 0 bridgehead atoms. The van der Waals surface area contributed by atoms with Crippen molar-refractivity contribution < 1.29 is 4.42 Å². The summed E-state index contributed by atoms with van der Waals surface area (Å²) in [5.74, 6) is 1.02. The third kappa shape index (κ3) is 2.82. The second-order valence-electron chi connectivity index (χ2n) is 3.37. The Bertz CT molecular complexity index is 573. The lowest BCUT2D eigenvalue weighted by molar-refractivity contribution is 0.475. The Balaban J connectivity index is 2.13. The minimum Gasteiger partial charge on any atom is -0.424 e. The summed E-state index contributed by atoms with van der Waals surface area (Å²) in [7, 11) is 0. The molecule has 0 saturated carbocycles. The molecule has 0 aliphatic rings. The second-order valence-corrected chi connectivity index (χ2v) is 4.29. The Morgan fingerprint density at radius 3 is 2.94 bits per heavy atom. The van der Waals surface area contributed by atoms with Gasteiger partial charge in [0.25, 0.3) is 0 Å². The first-order valence-electron chi connectivity index (χ1n) is 4.91. The first-order valence-corrected chi connectivity index (χ1v) is 5.71. The highest BCUT2D eigenvalue weighted by molar-refractivity contribution is 9.10. The van der Waals surface area contributed by atoms with Gasteiger partial charge in [0.15, 0.2) is 0 Å². The molecule has 0 spiro atoms. The molecule has 1 N–H and O–H groups in total. The lowest BCUT2D eigenvalue weighted by Crippen LogP contribution is -2.01. The summed E-state index contributed by atoms with van der Waals surface area (Å²) < 4.78 is 6.13. The third-order valence-corrected chi connectivity index (χ3v) is 2.59. The lowest BCUT2D eigenvalue weighted by Gasteiger charge is -2.06. The highest BCUT2D eigenvalue weighted by atomic mass is 79.9. The summed E-state index contributed by atoms with van der Waals surface area (Å²) in [5.41, 5.74) is 1.31. The van der Waals surface area contributed by atoms with Crippen LogP contribution in [0, 0.1) is 18.3 Å². The predicted octanol–water partition coefficient (Wildman–Crippen LogP) is 2.62. The molecule has 0 aliphatic carbocycles. The fraction of sp³-hybridized carbons (Fsp3) is 0.182. The monoisotopic (exact) mass is 292 g/mol. The van der Waals surface area contributed by atoms with Crippen LogP contribution in [0.15, 0.2) is 27.1 Å². The number of halogens is 1. The SMILES string of the molecule is Cc1nnc(CNc2cc(Br)ccc2C#N)o1. The van der Waals surface area contributed by atoms with E-state index in [1.54, 1.807) is 13.0 Å². The van der Waals surface area contributed by atoms with Gasteiger partial charge in [0.2, 0.25) is 11.8 Å². The highest BCUT2D eigenvalue weighted by Gasteiger charge is 2.05. The molecular formula is C11H9BrN4O.